The summed E-state index contributed by atoms with van der Waals surface area (Å²) in [5.41, 5.74) is 0.885. The third-order valence-corrected chi connectivity index (χ3v) is 4.35. The van der Waals surface area contributed by atoms with Crippen molar-refractivity contribution >= 4 is 40.3 Å². The summed E-state index contributed by atoms with van der Waals surface area (Å²) in [5, 5.41) is 0. The molecule has 1 fully saturated rings. The number of thiocarbonyl (C=S) groups is 1. The largest absolute Gasteiger partial charge is 0.493 e. The minimum Gasteiger partial charge on any atom is -0.493 e. The quantitative estimate of drug-likeness (QED) is 0.614. The van der Waals surface area contributed by atoms with E-state index in [1.807, 2.05) is 38.1 Å². The van der Waals surface area contributed by atoms with Gasteiger partial charge in [-0.3, -0.25) is 9.69 Å². The zero-order chi connectivity index (χ0) is 15.4. The highest BCUT2D eigenvalue weighted by Crippen LogP contribution is 2.34. The Bertz CT molecular complexity index is 599. The van der Waals surface area contributed by atoms with Crippen LogP contribution in [0.5, 0.6) is 11.5 Å². The minimum atomic E-state index is -0.0405. The molecule has 0 bridgehead atoms. The lowest BCUT2D eigenvalue weighted by atomic mass is 10.2. The average molecular weight is 323 g/mol. The van der Waals surface area contributed by atoms with Crippen molar-refractivity contribution in [2.24, 2.45) is 0 Å². The Morgan fingerprint density at radius 1 is 1.33 bits per heavy atom. The van der Waals surface area contributed by atoms with Crippen LogP contribution in [0.25, 0.3) is 6.08 Å². The molecule has 6 heteroatoms. The lowest BCUT2D eigenvalue weighted by Crippen LogP contribution is -2.27. The van der Waals surface area contributed by atoms with Gasteiger partial charge in [0.1, 0.15) is 4.32 Å². The monoisotopic (exact) mass is 323 g/mol. The van der Waals surface area contributed by atoms with Gasteiger partial charge in [-0.25, -0.2) is 0 Å². The molecule has 0 N–H and O–H groups in total. The van der Waals surface area contributed by atoms with Gasteiger partial charge in [-0.05, 0) is 37.6 Å². The van der Waals surface area contributed by atoms with Crippen LogP contribution in [-0.2, 0) is 4.79 Å². The van der Waals surface area contributed by atoms with Crippen molar-refractivity contribution in [3.8, 4) is 11.5 Å². The van der Waals surface area contributed by atoms with E-state index in [-0.39, 0.29) is 5.91 Å². The summed E-state index contributed by atoms with van der Waals surface area (Å²) in [4.78, 5) is 14.4. The standard InChI is InChI=1S/C15H17NO3S2/c1-4-16-14(17)13(21-15(16)20)9-10-6-7-11(18-3)12(8-10)19-5-2/h6-9H,4-5H2,1-3H3/b13-9-. The van der Waals surface area contributed by atoms with Gasteiger partial charge in [-0.2, -0.15) is 0 Å². The lowest BCUT2D eigenvalue weighted by Gasteiger charge is -2.10. The van der Waals surface area contributed by atoms with Crippen LogP contribution in [0.1, 0.15) is 19.4 Å². The highest BCUT2D eigenvalue weighted by Gasteiger charge is 2.30. The topological polar surface area (TPSA) is 38.8 Å². The van der Waals surface area contributed by atoms with Crippen LogP contribution in [0.2, 0.25) is 0 Å². The summed E-state index contributed by atoms with van der Waals surface area (Å²) >= 11 is 6.53. The first-order chi connectivity index (χ1) is 10.1. The first kappa shape index (κ1) is 15.9. The van der Waals surface area contributed by atoms with Gasteiger partial charge in [0.05, 0.1) is 18.6 Å². The summed E-state index contributed by atoms with van der Waals surface area (Å²) in [6, 6.07) is 5.58. The molecule has 1 heterocycles. The van der Waals surface area contributed by atoms with E-state index < -0.39 is 0 Å². The second kappa shape index (κ2) is 6.95. The number of nitrogens with zero attached hydrogens (tertiary/aromatic N) is 1. The van der Waals surface area contributed by atoms with Crippen molar-refractivity contribution in [3.63, 3.8) is 0 Å². The number of hydrogen-bond donors (Lipinski definition) is 0. The molecule has 0 aliphatic carbocycles. The van der Waals surface area contributed by atoms with Crippen molar-refractivity contribution in [3.05, 3.63) is 28.7 Å². The fourth-order valence-corrected chi connectivity index (χ4v) is 3.36. The lowest BCUT2D eigenvalue weighted by molar-refractivity contribution is -0.121. The van der Waals surface area contributed by atoms with Gasteiger partial charge in [0.2, 0.25) is 0 Å². The molecule has 1 aliphatic heterocycles. The molecular formula is C15H17NO3S2. The Hall–Kier alpha value is -1.53. The third kappa shape index (κ3) is 3.39. The SMILES string of the molecule is CCOc1cc(/C=C2\SC(=S)N(CC)C2=O)ccc1OC. The van der Waals surface area contributed by atoms with E-state index in [0.29, 0.717) is 33.9 Å². The first-order valence-corrected chi connectivity index (χ1v) is 7.89. The van der Waals surface area contributed by atoms with Gasteiger partial charge in [-0.15, -0.1) is 0 Å². The number of amides is 1. The Balaban J connectivity index is 2.31. The molecule has 0 saturated carbocycles. The molecule has 0 aromatic heterocycles. The molecule has 1 aliphatic rings. The number of likely N-dealkylation sites (N-methyl/N-ethyl adjacent to an activating group) is 1. The molecule has 1 amide bonds. The smallest absolute Gasteiger partial charge is 0.266 e. The minimum absolute atomic E-state index is 0.0405. The van der Waals surface area contributed by atoms with Crippen molar-refractivity contribution < 1.29 is 14.3 Å². The number of carbonyl (C=O) groups excluding carboxylic acids is 1. The second-order valence-corrected chi connectivity index (χ2v) is 5.95. The Morgan fingerprint density at radius 2 is 2.10 bits per heavy atom. The van der Waals surface area contributed by atoms with E-state index in [1.54, 1.807) is 12.0 Å². The van der Waals surface area contributed by atoms with E-state index in [0.717, 1.165) is 5.56 Å². The predicted molar refractivity (Wildman–Crippen MR) is 89.7 cm³/mol. The van der Waals surface area contributed by atoms with Gasteiger partial charge in [0.15, 0.2) is 11.5 Å². The molecule has 1 aromatic carbocycles. The van der Waals surface area contributed by atoms with E-state index >= 15 is 0 Å². The summed E-state index contributed by atoms with van der Waals surface area (Å²) in [7, 11) is 1.60. The molecule has 0 spiro atoms. The van der Waals surface area contributed by atoms with Crippen molar-refractivity contribution in [2.75, 3.05) is 20.3 Å². The van der Waals surface area contributed by atoms with Gasteiger partial charge in [0, 0.05) is 6.54 Å². The van der Waals surface area contributed by atoms with Gasteiger partial charge < -0.3 is 9.47 Å². The number of thioether (sulfide) groups is 1. The maximum Gasteiger partial charge on any atom is 0.266 e. The zero-order valence-electron chi connectivity index (χ0n) is 12.2. The summed E-state index contributed by atoms with van der Waals surface area (Å²) in [6.45, 7) is 4.97. The molecule has 0 radical (unpaired) electrons. The fourth-order valence-electron chi connectivity index (χ4n) is 1.98. The van der Waals surface area contributed by atoms with Gasteiger partial charge in [0.25, 0.3) is 5.91 Å². The molecule has 0 unspecified atom stereocenters. The summed E-state index contributed by atoms with van der Waals surface area (Å²) in [6.07, 6.45) is 1.83. The van der Waals surface area contributed by atoms with E-state index in [4.69, 9.17) is 21.7 Å². The van der Waals surface area contributed by atoms with Crippen molar-refractivity contribution in [2.45, 2.75) is 13.8 Å². The number of ether oxygens (including phenoxy) is 2. The van der Waals surface area contributed by atoms with E-state index in [9.17, 15) is 4.79 Å². The Labute approximate surface area is 134 Å². The van der Waals surface area contributed by atoms with Gasteiger partial charge in [-0.1, -0.05) is 30.0 Å². The highest BCUT2D eigenvalue weighted by molar-refractivity contribution is 8.26. The van der Waals surface area contributed by atoms with Crippen LogP contribution in [-0.4, -0.2) is 35.4 Å². The van der Waals surface area contributed by atoms with E-state index in [2.05, 4.69) is 0 Å². The fraction of sp³-hybridized carbons (Fsp3) is 0.333. The number of methoxy groups -OCH3 is 1. The maximum absolute atomic E-state index is 12.2. The van der Waals surface area contributed by atoms with Crippen LogP contribution < -0.4 is 9.47 Å². The molecule has 1 saturated heterocycles. The Kier molecular flexibility index (Phi) is 5.25. The molecule has 112 valence electrons. The molecular weight excluding hydrogens is 306 g/mol. The zero-order valence-corrected chi connectivity index (χ0v) is 13.8. The van der Waals surface area contributed by atoms with Gasteiger partial charge >= 0.3 is 0 Å². The Morgan fingerprint density at radius 3 is 2.67 bits per heavy atom. The highest BCUT2D eigenvalue weighted by atomic mass is 32.2. The van der Waals surface area contributed by atoms with Crippen molar-refractivity contribution in [1.82, 2.24) is 4.90 Å². The van der Waals surface area contributed by atoms with Crippen LogP contribution in [0.4, 0.5) is 0 Å². The third-order valence-electron chi connectivity index (χ3n) is 2.98. The first-order valence-electron chi connectivity index (χ1n) is 6.66. The number of benzene rings is 1. The van der Waals surface area contributed by atoms with Crippen molar-refractivity contribution in [1.29, 1.82) is 0 Å². The predicted octanol–water partition coefficient (Wildman–Crippen LogP) is 3.32. The normalized spacial score (nSPS) is 16.7. The maximum atomic E-state index is 12.2. The summed E-state index contributed by atoms with van der Waals surface area (Å²) in [5.74, 6) is 1.30. The van der Waals surface area contributed by atoms with Crippen LogP contribution in [0, 0.1) is 0 Å². The van der Waals surface area contributed by atoms with E-state index in [1.165, 1.54) is 11.8 Å². The van der Waals surface area contributed by atoms with Crippen LogP contribution in [0.15, 0.2) is 23.1 Å². The number of rotatable bonds is 5. The van der Waals surface area contributed by atoms with Crippen LogP contribution in [0.3, 0.4) is 0 Å². The second-order valence-electron chi connectivity index (χ2n) is 4.27. The molecule has 1 aromatic rings. The molecule has 2 rings (SSSR count). The molecule has 21 heavy (non-hydrogen) atoms. The summed E-state index contributed by atoms with van der Waals surface area (Å²) < 4.78 is 11.4. The van der Waals surface area contributed by atoms with Crippen LogP contribution >= 0.6 is 24.0 Å². The molecule has 4 nitrogen and oxygen atoms in total. The number of hydrogen-bond acceptors (Lipinski definition) is 5. The average Bonchev–Trinajstić information content (AvgIpc) is 2.73. The molecule has 0 atom stereocenters. The number of carbonyl (C=O) groups is 1.